The molecule has 1 aromatic rings. The molecule has 5 atom stereocenters. The first-order valence-electron chi connectivity index (χ1n) is 9.10. The first-order chi connectivity index (χ1) is 11.1. The monoisotopic (exact) mass is 327 g/mol. The van der Waals surface area contributed by atoms with E-state index < -0.39 is 0 Å². The van der Waals surface area contributed by atoms with Crippen molar-refractivity contribution in [1.82, 2.24) is 0 Å². The van der Waals surface area contributed by atoms with Gasteiger partial charge in [-0.15, -0.1) is 0 Å². The van der Waals surface area contributed by atoms with E-state index in [0.29, 0.717) is 11.8 Å². The van der Waals surface area contributed by atoms with E-state index in [9.17, 15) is 4.79 Å². The van der Waals surface area contributed by atoms with Crippen molar-refractivity contribution in [2.24, 2.45) is 28.9 Å². The quantitative estimate of drug-likeness (QED) is 0.895. The zero-order valence-corrected chi connectivity index (χ0v) is 14.4. The minimum absolute atomic E-state index is 0.0103. The molecule has 0 spiro atoms. The van der Waals surface area contributed by atoms with Gasteiger partial charge in [0.1, 0.15) is 0 Å². The molecule has 5 unspecified atom stereocenters. The van der Waals surface area contributed by atoms with Crippen molar-refractivity contribution in [2.75, 3.05) is 5.75 Å². The van der Waals surface area contributed by atoms with Crippen molar-refractivity contribution in [2.45, 2.75) is 49.2 Å². The molecular weight excluding hydrogens is 302 g/mol. The van der Waals surface area contributed by atoms with E-state index in [2.05, 4.69) is 42.1 Å². The Balaban J connectivity index is 1.49. The van der Waals surface area contributed by atoms with Crippen LogP contribution in [0.15, 0.2) is 30.3 Å². The summed E-state index contributed by atoms with van der Waals surface area (Å²) in [6.07, 6.45) is 7.34. The Bertz CT molecular complexity index is 642. The molecule has 0 saturated heterocycles. The smallest absolute Gasteiger partial charge is 0.223 e. The Morgan fingerprint density at radius 1 is 1.17 bits per heavy atom. The summed E-state index contributed by atoms with van der Waals surface area (Å²) in [4.78, 5) is 12.5. The third-order valence-corrected chi connectivity index (χ3v) is 8.82. The second kappa shape index (κ2) is 4.78. The molecule has 2 N–H and O–H groups in total. The Labute approximate surface area is 142 Å². The molecule has 23 heavy (non-hydrogen) atoms. The molecule has 0 radical (unpaired) electrons. The van der Waals surface area contributed by atoms with Gasteiger partial charge < -0.3 is 5.73 Å². The van der Waals surface area contributed by atoms with Crippen LogP contribution in [0, 0.1) is 23.2 Å². The first kappa shape index (κ1) is 14.4. The van der Waals surface area contributed by atoms with Crippen LogP contribution >= 0.6 is 11.8 Å². The maximum Gasteiger partial charge on any atom is 0.223 e. The largest absolute Gasteiger partial charge is 0.369 e. The number of carbonyl (C=O) groups is 1. The second-order valence-corrected chi connectivity index (χ2v) is 9.85. The minimum Gasteiger partial charge on any atom is -0.369 e. The summed E-state index contributed by atoms with van der Waals surface area (Å²) < 4.78 is 0. The molecule has 5 aliphatic rings. The van der Waals surface area contributed by atoms with Gasteiger partial charge in [0.05, 0.1) is 5.41 Å². The summed E-state index contributed by atoms with van der Waals surface area (Å²) in [5, 5.41) is 0.916. The van der Waals surface area contributed by atoms with E-state index in [-0.39, 0.29) is 16.7 Å². The fourth-order valence-corrected chi connectivity index (χ4v) is 7.74. The van der Waals surface area contributed by atoms with Crippen LogP contribution in [0.5, 0.6) is 0 Å². The van der Waals surface area contributed by atoms with Gasteiger partial charge in [-0.05, 0) is 73.0 Å². The topological polar surface area (TPSA) is 43.1 Å². The average molecular weight is 327 g/mol. The summed E-state index contributed by atoms with van der Waals surface area (Å²) in [5.41, 5.74) is 7.45. The van der Waals surface area contributed by atoms with E-state index in [0.717, 1.165) is 24.0 Å². The fourth-order valence-electron chi connectivity index (χ4n) is 6.27. The highest BCUT2D eigenvalue weighted by Gasteiger charge is 2.70. The van der Waals surface area contributed by atoms with Crippen LogP contribution in [-0.4, -0.2) is 16.9 Å². The van der Waals surface area contributed by atoms with Gasteiger partial charge in [0, 0.05) is 5.25 Å². The van der Waals surface area contributed by atoms with Crippen molar-refractivity contribution in [3.63, 3.8) is 0 Å². The fraction of sp³-hybridized carbons (Fsp3) is 0.650. The number of hydrogen-bond donors (Lipinski definition) is 1. The number of thioether (sulfide) groups is 1. The van der Waals surface area contributed by atoms with Gasteiger partial charge in [-0.1, -0.05) is 30.3 Å². The standard InChI is InChI=1S/C20H25NOS/c21-18(22)20-9-13-8-19(12-20,14-4-2-1-3-5-14)10-17(20)16(13)11-23-15-6-7-15/h1-5,13,15-17H,6-12H2,(H2,21,22). The predicted molar refractivity (Wildman–Crippen MR) is 94.2 cm³/mol. The third-order valence-electron chi connectivity index (χ3n) is 7.30. The van der Waals surface area contributed by atoms with Gasteiger partial charge in [-0.25, -0.2) is 0 Å². The molecule has 6 rings (SSSR count). The normalized spacial score (nSPS) is 43.9. The molecule has 0 heterocycles. The Morgan fingerprint density at radius 2 is 1.96 bits per heavy atom. The molecule has 1 amide bonds. The lowest BCUT2D eigenvalue weighted by atomic mass is 9.62. The SMILES string of the molecule is NC(=O)C12CC3CC(c4ccccc4)(CC1C3CSC1CC1)C2. The molecule has 5 fully saturated rings. The number of hydrogen-bond acceptors (Lipinski definition) is 2. The van der Waals surface area contributed by atoms with Gasteiger partial charge in [-0.3, -0.25) is 4.79 Å². The summed E-state index contributed by atoms with van der Waals surface area (Å²) in [6, 6.07) is 10.9. The highest BCUT2D eigenvalue weighted by Crippen LogP contribution is 2.73. The van der Waals surface area contributed by atoms with Crippen molar-refractivity contribution >= 4 is 17.7 Å². The third kappa shape index (κ3) is 1.98. The number of rotatable bonds is 5. The zero-order valence-electron chi connectivity index (χ0n) is 13.5. The lowest BCUT2D eigenvalue weighted by molar-refractivity contribution is -0.129. The number of primary amides is 1. The lowest BCUT2D eigenvalue weighted by Crippen LogP contribution is -2.41. The van der Waals surface area contributed by atoms with Crippen LogP contribution in [0.3, 0.4) is 0 Å². The van der Waals surface area contributed by atoms with Gasteiger partial charge in [0.2, 0.25) is 5.91 Å². The molecular formula is C20H25NOS. The van der Waals surface area contributed by atoms with Crippen molar-refractivity contribution in [3.05, 3.63) is 35.9 Å². The van der Waals surface area contributed by atoms with E-state index in [1.165, 1.54) is 37.0 Å². The molecule has 3 heteroatoms. The maximum atomic E-state index is 12.5. The van der Waals surface area contributed by atoms with Gasteiger partial charge >= 0.3 is 0 Å². The number of amides is 1. The van der Waals surface area contributed by atoms with Gasteiger partial charge in [0.25, 0.3) is 0 Å². The number of benzene rings is 1. The van der Waals surface area contributed by atoms with Crippen LogP contribution in [0.2, 0.25) is 0 Å². The van der Waals surface area contributed by atoms with Crippen LogP contribution in [-0.2, 0) is 10.2 Å². The number of carbonyl (C=O) groups excluding carboxylic acids is 1. The van der Waals surface area contributed by atoms with Crippen LogP contribution in [0.1, 0.15) is 44.1 Å². The molecule has 0 aliphatic heterocycles. The molecule has 4 bridgehead atoms. The molecule has 2 nitrogen and oxygen atoms in total. The van der Waals surface area contributed by atoms with E-state index in [4.69, 9.17) is 5.73 Å². The zero-order chi connectivity index (χ0) is 15.7. The number of nitrogens with two attached hydrogens (primary N) is 1. The summed E-state index contributed by atoms with van der Waals surface area (Å²) in [5.74, 6) is 3.22. The summed E-state index contributed by atoms with van der Waals surface area (Å²) in [7, 11) is 0. The summed E-state index contributed by atoms with van der Waals surface area (Å²) in [6.45, 7) is 0. The van der Waals surface area contributed by atoms with Crippen molar-refractivity contribution in [3.8, 4) is 0 Å². The minimum atomic E-state index is -0.201. The van der Waals surface area contributed by atoms with Crippen LogP contribution in [0.25, 0.3) is 0 Å². The van der Waals surface area contributed by atoms with E-state index in [1.807, 2.05) is 0 Å². The van der Waals surface area contributed by atoms with E-state index >= 15 is 0 Å². The second-order valence-electron chi connectivity index (χ2n) is 8.52. The Morgan fingerprint density at radius 3 is 2.65 bits per heavy atom. The highest BCUT2D eigenvalue weighted by atomic mass is 32.2. The molecule has 5 aliphatic carbocycles. The summed E-state index contributed by atoms with van der Waals surface area (Å²) >= 11 is 2.17. The van der Waals surface area contributed by atoms with Crippen molar-refractivity contribution in [1.29, 1.82) is 0 Å². The average Bonchev–Trinajstić information content (AvgIpc) is 3.31. The van der Waals surface area contributed by atoms with Crippen LogP contribution < -0.4 is 5.73 Å². The highest BCUT2D eigenvalue weighted by molar-refractivity contribution is 8.00. The Hall–Kier alpha value is -0.960. The molecule has 1 aromatic carbocycles. The molecule has 122 valence electrons. The van der Waals surface area contributed by atoms with Crippen molar-refractivity contribution < 1.29 is 4.79 Å². The molecule has 0 aromatic heterocycles. The predicted octanol–water partition coefficient (Wildman–Crippen LogP) is 3.74. The lowest BCUT2D eigenvalue weighted by Gasteiger charge is -2.42. The van der Waals surface area contributed by atoms with E-state index in [1.54, 1.807) is 0 Å². The van der Waals surface area contributed by atoms with Crippen LogP contribution in [0.4, 0.5) is 0 Å². The maximum absolute atomic E-state index is 12.5. The van der Waals surface area contributed by atoms with Gasteiger partial charge in [0.15, 0.2) is 0 Å². The Kier molecular flexibility index (Phi) is 2.99. The van der Waals surface area contributed by atoms with Gasteiger partial charge in [-0.2, -0.15) is 11.8 Å². The first-order valence-corrected chi connectivity index (χ1v) is 10.1. The molecule has 5 saturated carbocycles.